The molecule has 1 N–H and O–H groups in total. The van der Waals surface area contributed by atoms with Gasteiger partial charge in [0, 0.05) is 24.5 Å². The zero-order valence-corrected chi connectivity index (χ0v) is 20.9. The number of carbonyl (C=O) groups excluding carboxylic acids is 2. The van der Waals surface area contributed by atoms with E-state index in [-0.39, 0.29) is 11.7 Å². The summed E-state index contributed by atoms with van der Waals surface area (Å²) in [7, 11) is 2.87. The van der Waals surface area contributed by atoms with Crippen LogP contribution in [0, 0.1) is 5.82 Å². The summed E-state index contributed by atoms with van der Waals surface area (Å²) in [6.07, 6.45) is 0.136. The largest absolute Gasteiger partial charge is 0.471 e. The number of methoxy groups -OCH3 is 1. The van der Waals surface area contributed by atoms with Gasteiger partial charge >= 0.3 is 5.97 Å². The van der Waals surface area contributed by atoms with Gasteiger partial charge in [0.05, 0.1) is 25.5 Å². The van der Waals surface area contributed by atoms with Crippen molar-refractivity contribution in [2.24, 2.45) is 0 Å². The number of rotatable bonds is 7. The van der Waals surface area contributed by atoms with Crippen molar-refractivity contribution in [2.45, 2.75) is 18.4 Å². The molecule has 1 amide bonds. The van der Waals surface area contributed by atoms with E-state index in [4.69, 9.17) is 18.6 Å². The summed E-state index contributed by atoms with van der Waals surface area (Å²) in [5.74, 6) is -0.609. The number of benzene rings is 3. The predicted octanol–water partition coefficient (Wildman–Crippen LogP) is 4.62. The number of hydrogen-bond donors (Lipinski definition) is 1. The number of morpholine rings is 1. The molecular weight excluding hydrogens is 491 g/mol. The van der Waals surface area contributed by atoms with Crippen LogP contribution in [0.2, 0.25) is 0 Å². The van der Waals surface area contributed by atoms with Crippen molar-refractivity contribution in [1.29, 1.82) is 0 Å². The Morgan fingerprint density at radius 2 is 1.89 bits per heavy atom. The fourth-order valence-electron chi connectivity index (χ4n) is 4.73. The van der Waals surface area contributed by atoms with Crippen LogP contribution in [0.15, 0.2) is 83.5 Å². The Labute approximate surface area is 218 Å². The molecule has 3 unspecified atom stereocenters. The smallest absolute Gasteiger partial charge is 0.337 e. The zero-order valence-electron chi connectivity index (χ0n) is 20.9. The maximum atomic E-state index is 13.7. The van der Waals surface area contributed by atoms with Gasteiger partial charge in [-0.3, -0.25) is 4.79 Å². The van der Waals surface area contributed by atoms with Gasteiger partial charge in [-0.05, 0) is 54.1 Å². The van der Waals surface area contributed by atoms with E-state index in [9.17, 15) is 14.0 Å². The fraction of sp³-hybridized carbons (Fsp3) is 0.241. The molecule has 3 aromatic carbocycles. The first-order valence-corrected chi connectivity index (χ1v) is 12.1. The third-order valence-corrected chi connectivity index (χ3v) is 6.57. The molecule has 38 heavy (non-hydrogen) atoms. The third kappa shape index (κ3) is 5.11. The van der Waals surface area contributed by atoms with Crippen molar-refractivity contribution in [2.75, 3.05) is 27.3 Å². The molecule has 8 nitrogen and oxygen atoms in total. The van der Waals surface area contributed by atoms with Gasteiger partial charge in [0.1, 0.15) is 29.3 Å². The molecule has 1 aliphatic heterocycles. The molecular formula is C29H27FN2O6. The second kappa shape index (κ2) is 11.0. The van der Waals surface area contributed by atoms with Crippen molar-refractivity contribution in [3.63, 3.8) is 0 Å². The summed E-state index contributed by atoms with van der Waals surface area (Å²) in [5.41, 5.74) is 2.37. The number of ether oxygens (including phenoxy) is 3. The summed E-state index contributed by atoms with van der Waals surface area (Å²) in [6, 6.07) is 19.3. The van der Waals surface area contributed by atoms with Gasteiger partial charge < -0.3 is 23.9 Å². The van der Waals surface area contributed by atoms with Crippen molar-refractivity contribution >= 4 is 22.8 Å². The van der Waals surface area contributed by atoms with Crippen LogP contribution in [0.3, 0.4) is 0 Å². The molecule has 0 aliphatic carbocycles. The Hall–Kier alpha value is -4.21. The normalized spacial score (nSPS) is 18.6. The van der Waals surface area contributed by atoms with Crippen LogP contribution in [0.5, 0.6) is 5.75 Å². The molecule has 9 heteroatoms. The Morgan fingerprint density at radius 3 is 2.66 bits per heavy atom. The summed E-state index contributed by atoms with van der Waals surface area (Å²) < 4.78 is 36.7. The number of fused-ring (bicyclic) bond motifs is 1. The molecule has 1 fully saturated rings. The molecule has 1 aromatic heterocycles. The van der Waals surface area contributed by atoms with Crippen LogP contribution in [-0.4, -0.2) is 50.1 Å². The number of esters is 1. The van der Waals surface area contributed by atoms with Crippen LogP contribution in [0.1, 0.15) is 33.8 Å². The number of hydrogen-bond acceptors (Lipinski definition) is 7. The number of nitrogens with zero attached hydrogens (tertiary/aromatic N) is 1. The lowest BCUT2D eigenvalue weighted by Gasteiger charge is -2.44. The molecule has 1 aliphatic rings. The van der Waals surface area contributed by atoms with Crippen molar-refractivity contribution < 1.29 is 32.6 Å². The summed E-state index contributed by atoms with van der Waals surface area (Å²) in [6.45, 7) is 0.656. The Bertz CT molecular complexity index is 1440. The number of likely N-dealkylation sites (N-methyl/N-ethyl adjacent to an activating group) is 1. The van der Waals surface area contributed by atoms with Gasteiger partial charge in [-0.1, -0.05) is 24.3 Å². The molecule has 2 heterocycles. The van der Waals surface area contributed by atoms with Crippen LogP contribution in [0.25, 0.3) is 11.0 Å². The predicted molar refractivity (Wildman–Crippen MR) is 137 cm³/mol. The van der Waals surface area contributed by atoms with Gasteiger partial charge in [0.15, 0.2) is 6.23 Å². The first kappa shape index (κ1) is 25.4. The van der Waals surface area contributed by atoms with Gasteiger partial charge in [-0.2, -0.15) is 0 Å². The molecule has 3 atom stereocenters. The Kier molecular flexibility index (Phi) is 7.39. The number of halogens is 1. The van der Waals surface area contributed by atoms with Crippen LogP contribution in [-0.2, 0) is 14.3 Å². The number of nitrogens with one attached hydrogen (secondary N) is 1. The topological polar surface area (TPSA) is 90.2 Å². The summed E-state index contributed by atoms with van der Waals surface area (Å²) in [4.78, 5) is 27.5. The fourth-order valence-corrected chi connectivity index (χ4v) is 4.73. The van der Waals surface area contributed by atoms with Gasteiger partial charge in [-0.15, -0.1) is 0 Å². The standard InChI is InChI=1S/C29H27FN2O6/c1-31-27(33)25-26(18-6-8-22(30)9-7-18)37-15-13-32(25)28(20-4-3-5-21(16-20)29(34)35-2)38-23-10-11-24-19(17-23)12-14-36-24/h3-12,14,16-17,25-26,28H,13,15H2,1-2H3,(H,31,33). The minimum absolute atomic E-state index is 0.290. The average molecular weight is 519 g/mol. The van der Waals surface area contributed by atoms with Crippen molar-refractivity contribution in [3.05, 3.63) is 102 Å². The average Bonchev–Trinajstić information content (AvgIpc) is 3.43. The van der Waals surface area contributed by atoms with Crippen LogP contribution in [0.4, 0.5) is 4.39 Å². The highest BCUT2D eigenvalue weighted by Gasteiger charge is 2.43. The molecule has 1 saturated heterocycles. The highest BCUT2D eigenvalue weighted by molar-refractivity contribution is 5.89. The van der Waals surface area contributed by atoms with E-state index in [0.717, 1.165) is 5.39 Å². The number of amides is 1. The highest BCUT2D eigenvalue weighted by atomic mass is 19.1. The van der Waals surface area contributed by atoms with E-state index in [1.807, 2.05) is 29.2 Å². The van der Waals surface area contributed by atoms with Crippen LogP contribution < -0.4 is 10.1 Å². The van der Waals surface area contributed by atoms with Crippen LogP contribution >= 0.6 is 0 Å². The van der Waals surface area contributed by atoms with E-state index in [1.54, 1.807) is 49.7 Å². The number of furan rings is 1. The first-order chi connectivity index (χ1) is 18.5. The monoisotopic (exact) mass is 518 g/mol. The lowest BCUT2D eigenvalue weighted by molar-refractivity contribution is -0.156. The Morgan fingerprint density at radius 1 is 1.08 bits per heavy atom. The second-order valence-electron chi connectivity index (χ2n) is 8.85. The van der Waals surface area contributed by atoms with Crippen molar-refractivity contribution in [3.8, 4) is 5.75 Å². The number of carbonyl (C=O) groups is 2. The minimum Gasteiger partial charge on any atom is -0.471 e. The van der Waals surface area contributed by atoms with E-state index in [1.165, 1.54) is 19.2 Å². The molecule has 0 radical (unpaired) electrons. The molecule has 0 saturated carbocycles. The van der Waals surface area contributed by atoms with Crippen molar-refractivity contribution in [1.82, 2.24) is 10.2 Å². The SMILES string of the molecule is CNC(=O)C1C(c2ccc(F)cc2)OCCN1C(Oc1ccc2occc2c1)c1cccc(C(=O)OC)c1. The lowest BCUT2D eigenvalue weighted by Crippen LogP contribution is -2.56. The first-order valence-electron chi connectivity index (χ1n) is 12.1. The molecule has 4 aromatic rings. The quantitative estimate of drug-likeness (QED) is 0.357. The molecule has 196 valence electrons. The lowest BCUT2D eigenvalue weighted by atomic mass is 9.96. The maximum Gasteiger partial charge on any atom is 0.337 e. The molecule has 0 bridgehead atoms. The van der Waals surface area contributed by atoms with Gasteiger partial charge in [-0.25, -0.2) is 14.1 Å². The highest BCUT2D eigenvalue weighted by Crippen LogP contribution is 2.37. The van der Waals surface area contributed by atoms with E-state index in [2.05, 4.69) is 5.32 Å². The zero-order chi connectivity index (χ0) is 26.6. The summed E-state index contributed by atoms with van der Waals surface area (Å²) >= 11 is 0. The molecule has 0 spiro atoms. The van der Waals surface area contributed by atoms with E-state index < -0.39 is 24.3 Å². The molecule has 5 rings (SSSR count). The second-order valence-corrected chi connectivity index (χ2v) is 8.85. The van der Waals surface area contributed by atoms with E-state index in [0.29, 0.717) is 41.2 Å². The Balaban J connectivity index is 1.59. The third-order valence-electron chi connectivity index (χ3n) is 6.57. The minimum atomic E-state index is -0.816. The van der Waals surface area contributed by atoms with E-state index >= 15 is 0 Å². The maximum absolute atomic E-state index is 13.7. The van der Waals surface area contributed by atoms with Gasteiger partial charge in [0.25, 0.3) is 0 Å². The van der Waals surface area contributed by atoms with Gasteiger partial charge in [0.2, 0.25) is 5.91 Å². The summed E-state index contributed by atoms with van der Waals surface area (Å²) in [5, 5.41) is 3.59.